The zero-order valence-electron chi connectivity index (χ0n) is 13.4. The van der Waals surface area contributed by atoms with Crippen LogP contribution in [-0.4, -0.2) is 50.4 Å². The van der Waals surface area contributed by atoms with Crippen molar-refractivity contribution in [1.29, 1.82) is 0 Å². The van der Waals surface area contributed by atoms with Crippen LogP contribution in [0.4, 0.5) is 13.2 Å². The molecule has 9 heteroatoms. The molecule has 0 radical (unpaired) electrons. The fourth-order valence-corrected chi connectivity index (χ4v) is 2.83. The van der Waals surface area contributed by atoms with Gasteiger partial charge in [0, 0.05) is 12.1 Å². The van der Waals surface area contributed by atoms with E-state index in [1.165, 1.54) is 10.7 Å². The summed E-state index contributed by atoms with van der Waals surface area (Å²) >= 11 is 0. The van der Waals surface area contributed by atoms with Crippen LogP contribution in [0.25, 0.3) is 5.69 Å². The van der Waals surface area contributed by atoms with Gasteiger partial charge < -0.3 is 4.74 Å². The molecule has 2 aromatic rings. The van der Waals surface area contributed by atoms with Crippen LogP contribution in [0.1, 0.15) is 25.2 Å². The van der Waals surface area contributed by atoms with Crippen LogP contribution in [-0.2, 0) is 17.5 Å². The van der Waals surface area contributed by atoms with E-state index in [1.807, 2.05) is 13.8 Å². The normalized spacial score (nSPS) is 22.7. The Morgan fingerprint density at radius 2 is 1.92 bits per heavy atom. The SMILES string of the molecule is C[C@@H]1COC[C@H](C)N1Cc1nnnn1-c1cccc(C(F)(F)F)c1. The number of aromatic nitrogens is 4. The Hall–Kier alpha value is -2.00. The van der Waals surface area contributed by atoms with Gasteiger partial charge in [-0.2, -0.15) is 17.9 Å². The predicted molar refractivity (Wildman–Crippen MR) is 79.4 cm³/mol. The summed E-state index contributed by atoms with van der Waals surface area (Å²) in [5.74, 6) is 0.495. The maximum absolute atomic E-state index is 12.9. The maximum Gasteiger partial charge on any atom is 0.416 e. The van der Waals surface area contributed by atoms with E-state index >= 15 is 0 Å². The minimum absolute atomic E-state index is 0.181. The highest BCUT2D eigenvalue weighted by Gasteiger charge is 2.31. The Morgan fingerprint density at radius 3 is 2.58 bits per heavy atom. The molecule has 24 heavy (non-hydrogen) atoms. The number of tetrazole rings is 1. The molecule has 1 aromatic heterocycles. The Bertz CT molecular complexity index is 692. The summed E-state index contributed by atoms with van der Waals surface area (Å²) in [7, 11) is 0. The van der Waals surface area contributed by atoms with E-state index in [-0.39, 0.29) is 12.1 Å². The quantitative estimate of drug-likeness (QED) is 0.857. The van der Waals surface area contributed by atoms with Crippen molar-refractivity contribution in [1.82, 2.24) is 25.1 Å². The molecule has 0 unspecified atom stereocenters. The van der Waals surface area contributed by atoms with Crippen molar-refractivity contribution >= 4 is 0 Å². The van der Waals surface area contributed by atoms with Gasteiger partial charge in [-0.25, -0.2) is 0 Å². The molecule has 1 aliphatic heterocycles. The first-order chi connectivity index (χ1) is 11.4. The second kappa shape index (κ2) is 6.48. The highest BCUT2D eigenvalue weighted by Crippen LogP contribution is 2.30. The highest BCUT2D eigenvalue weighted by atomic mass is 19.4. The fourth-order valence-electron chi connectivity index (χ4n) is 2.83. The number of benzene rings is 1. The van der Waals surface area contributed by atoms with Crippen molar-refractivity contribution in [3.05, 3.63) is 35.7 Å². The number of rotatable bonds is 3. The van der Waals surface area contributed by atoms with Gasteiger partial charge in [0.25, 0.3) is 0 Å². The van der Waals surface area contributed by atoms with Crippen LogP contribution in [0.3, 0.4) is 0 Å². The largest absolute Gasteiger partial charge is 0.416 e. The summed E-state index contributed by atoms with van der Waals surface area (Å²) in [6.45, 7) is 5.72. The lowest BCUT2D eigenvalue weighted by atomic mass is 10.1. The summed E-state index contributed by atoms with van der Waals surface area (Å²) in [6.07, 6.45) is -4.41. The van der Waals surface area contributed by atoms with Crippen molar-refractivity contribution in [3.8, 4) is 5.69 Å². The molecule has 130 valence electrons. The molecule has 0 N–H and O–H groups in total. The smallest absolute Gasteiger partial charge is 0.378 e. The van der Waals surface area contributed by atoms with Crippen LogP contribution >= 0.6 is 0 Å². The van der Waals surface area contributed by atoms with Crippen molar-refractivity contribution in [2.45, 2.75) is 38.7 Å². The van der Waals surface area contributed by atoms with Gasteiger partial charge in [-0.05, 0) is 42.5 Å². The Balaban J connectivity index is 1.88. The van der Waals surface area contributed by atoms with E-state index in [4.69, 9.17) is 4.74 Å². The standard InChI is InChI=1S/C15H18F3N5O/c1-10-8-24-9-11(2)22(10)7-14-19-20-21-23(14)13-5-3-4-12(6-13)15(16,17)18/h3-6,10-11H,7-9H2,1-2H3/t10-,11+. The van der Waals surface area contributed by atoms with Crippen LogP contribution in [0.15, 0.2) is 24.3 Å². The summed E-state index contributed by atoms with van der Waals surface area (Å²) in [5, 5.41) is 11.5. The second-order valence-electron chi connectivity index (χ2n) is 5.96. The van der Waals surface area contributed by atoms with Crippen molar-refractivity contribution in [2.24, 2.45) is 0 Å². The number of ether oxygens (including phenoxy) is 1. The van der Waals surface area contributed by atoms with Crippen LogP contribution < -0.4 is 0 Å². The molecule has 3 rings (SSSR count). The van der Waals surface area contributed by atoms with Crippen molar-refractivity contribution < 1.29 is 17.9 Å². The number of nitrogens with zero attached hydrogens (tertiary/aromatic N) is 5. The summed E-state index contributed by atoms with van der Waals surface area (Å²) in [5.41, 5.74) is -0.437. The third kappa shape index (κ3) is 3.41. The van der Waals surface area contributed by atoms with Gasteiger partial charge >= 0.3 is 6.18 Å². The summed E-state index contributed by atoms with van der Waals surface area (Å²) in [6, 6.07) is 5.34. The number of halogens is 3. The molecule has 0 spiro atoms. The lowest BCUT2D eigenvalue weighted by Gasteiger charge is -2.38. The average molecular weight is 341 g/mol. The van der Waals surface area contributed by atoms with Gasteiger partial charge in [0.05, 0.1) is 31.0 Å². The Labute approximate surface area is 137 Å². The maximum atomic E-state index is 12.9. The molecule has 1 aromatic carbocycles. The number of hydrogen-bond acceptors (Lipinski definition) is 5. The molecule has 2 atom stereocenters. The molecule has 0 amide bonds. The monoisotopic (exact) mass is 341 g/mol. The Kier molecular flexibility index (Phi) is 4.55. The number of hydrogen-bond donors (Lipinski definition) is 0. The third-order valence-corrected chi connectivity index (χ3v) is 4.13. The summed E-state index contributed by atoms with van der Waals surface area (Å²) in [4.78, 5) is 2.18. The first-order valence-corrected chi connectivity index (χ1v) is 7.64. The number of morpholine rings is 1. The number of alkyl halides is 3. The molecular formula is C15H18F3N5O. The minimum Gasteiger partial charge on any atom is -0.378 e. The topological polar surface area (TPSA) is 56.1 Å². The molecule has 2 heterocycles. The molecular weight excluding hydrogens is 323 g/mol. The molecule has 0 aliphatic carbocycles. The lowest BCUT2D eigenvalue weighted by Crippen LogP contribution is -2.49. The zero-order valence-corrected chi connectivity index (χ0v) is 13.4. The van der Waals surface area contributed by atoms with E-state index in [0.717, 1.165) is 12.1 Å². The molecule has 1 aliphatic rings. The first-order valence-electron chi connectivity index (χ1n) is 7.64. The average Bonchev–Trinajstić information content (AvgIpc) is 2.99. The Morgan fingerprint density at radius 1 is 1.21 bits per heavy atom. The van der Waals surface area contributed by atoms with Gasteiger partial charge in [-0.3, -0.25) is 4.90 Å². The summed E-state index contributed by atoms with van der Waals surface area (Å²) < 4.78 is 45.5. The van der Waals surface area contributed by atoms with Gasteiger partial charge in [0.1, 0.15) is 0 Å². The van der Waals surface area contributed by atoms with Crippen molar-refractivity contribution in [2.75, 3.05) is 13.2 Å². The van der Waals surface area contributed by atoms with E-state index in [0.29, 0.717) is 31.3 Å². The van der Waals surface area contributed by atoms with Crippen LogP contribution in [0.5, 0.6) is 0 Å². The molecule has 6 nitrogen and oxygen atoms in total. The van der Waals surface area contributed by atoms with Gasteiger partial charge in [-0.15, -0.1) is 5.10 Å². The lowest BCUT2D eigenvalue weighted by molar-refractivity contribution is -0.137. The third-order valence-electron chi connectivity index (χ3n) is 4.13. The minimum atomic E-state index is -4.41. The fraction of sp³-hybridized carbons (Fsp3) is 0.533. The van der Waals surface area contributed by atoms with Crippen molar-refractivity contribution in [3.63, 3.8) is 0 Å². The second-order valence-corrected chi connectivity index (χ2v) is 5.96. The molecule has 1 saturated heterocycles. The van der Waals surface area contributed by atoms with E-state index in [9.17, 15) is 13.2 Å². The van der Waals surface area contributed by atoms with E-state index in [2.05, 4.69) is 20.4 Å². The van der Waals surface area contributed by atoms with E-state index < -0.39 is 11.7 Å². The van der Waals surface area contributed by atoms with E-state index in [1.54, 1.807) is 6.07 Å². The predicted octanol–water partition coefficient (Wildman–Crippen LogP) is 2.29. The first kappa shape index (κ1) is 16.8. The zero-order chi connectivity index (χ0) is 17.3. The molecule has 0 bridgehead atoms. The van der Waals surface area contributed by atoms with Gasteiger partial charge in [0.2, 0.25) is 0 Å². The van der Waals surface area contributed by atoms with Gasteiger partial charge in [0.15, 0.2) is 5.82 Å². The van der Waals surface area contributed by atoms with Gasteiger partial charge in [-0.1, -0.05) is 6.07 Å². The van der Waals surface area contributed by atoms with Crippen LogP contribution in [0, 0.1) is 0 Å². The molecule has 0 saturated carbocycles. The molecule has 1 fully saturated rings. The highest BCUT2D eigenvalue weighted by molar-refractivity contribution is 5.36. The van der Waals surface area contributed by atoms with Crippen LogP contribution in [0.2, 0.25) is 0 Å².